The number of hydrogen-bond donors (Lipinski definition) is 1. The fourth-order valence-electron chi connectivity index (χ4n) is 2.35. The third-order valence-corrected chi connectivity index (χ3v) is 3.84. The Balaban J connectivity index is 3.15. The molecule has 0 heterocycles. The zero-order valence-electron chi connectivity index (χ0n) is 17.1. The van der Waals surface area contributed by atoms with Crippen LogP contribution >= 0.6 is 0 Å². The quantitative estimate of drug-likeness (QED) is 0.586. The molecule has 0 unspecified atom stereocenters. The molecule has 0 saturated carbocycles. The van der Waals surface area contributed by atoms with Crippen LogP contribution in [-0.2, 0) is 9.59 Å². The lowest BCUT2D eigenvalue weighted by Crippen LogP contribution is -2.24. The predicted octanol–water partition coefficient (Wildman–Crippen LogP) is 4.78. The highest BCUT2D eigenvalue weighted by molar-refractivity contribution is 5.97. The molecular formula is C20H26O3. The minimum absolute atomic E-state index is 0.0615. The number of carboxylic acids is 1. The van der Waals surface area contributed by atoms with E-state index in [1.807, 2.05) is 20.8 Å². The van der Waals surface area contributed by atoms with Gasteiger partial charge in [0.25, 0.3) is 0 Å². The lowest BCUT2D eigenvalue weighted by Gasteiger charge is -2.32. The molecule has 0 atom stereocenters. The third kappa shape index (κ3) is 5.85. The summed E-state index contributed by atoms with van der Waals surface area (Å²) in [7, 11) is 0. The van der Waals surface area contributed by atoms with E-state index in [0.717, 1.165) is 11.6 Å². The van der Waals surface area contributed by atoms with E-state index in [4.69, 9.17) is 9.22 Å². The topological polar surface area (TPSA) is 54.4 Å². The average Bonchev–Trinajstić information content (AvgIpc) is 2.46. The van der Waals surface area contributed by atoms with Crippen molar-refractivity contribution in [1.29, 1.82) is 0 Å². The molecule has 0 amide bonds. The van der Waals surface area contributed by atoms with Gasteiger partial charge >= 0.3 is 5.97 Å². The lowest BCUT2D eigenvalue weighted by atomic mass is 9.72. The van der Waals surface area contributed by atoms with Gasteiger partial charge in [0.2, 0.25) is 0 Å². The first-order valence-corrected chi connectivity index (χ1v) is 7.57. The average molecular weight is 317 g/mol. The van der Waals surface area contributed by atoms with E-state index >= 15 is 0 Å². The summed E-state index contributed by atoms with van der Waals surface area (Å²) < 4.78 is 23.1. The smallest absolute Gasteiger partial charge is 0.328 e. The SMILES string of the molecule is [2H]C([2H])([2H])C1=C(/C=C/C(C)=C/C=C/C(C)=C/C(=O)O)C(C)(C)CCC1=O. The van der Waals surface area contributed by atoms with Crippen molar-refractivity contribution in [2.75, 3.05) is 0 Å². The fraction of sp³-hybridized carbons (Fsp3) is 0.400. The zero-order valence-corrected chi connectivity index (χ0v) is 14.1. The van der Waals surface area contributed by atoms with Crippen LogP contribution in [-0.4, -0.2) is 16.9 Å². The molecule has 0 spiro atoms. The number of Topliss-reactive ketones (excluding diaryl/α,β-unsaturated/α-hetero) is 1. The van der Waals surface area contributed by atoms with E-state index in [-0.39, 0.29) is 23.2 Å². The van der Waals surface area contributed by atoms with Crippen molar-refractivity contribution < 1.29 is 18.8 Å². The van der Waals surface area contributed by atoms with Crippen LogP contribution in [0.2, 0.25) is 0 Å². The van der Waals surface area contributed by atoms with Crippen LogP contribution < -0.4 is 0 Å². The van der Waals surface area contributed by atoms with E-state index in [1.54, 1.807) is 37.3 Å². The summed E-state index contributed by atoms with van der Waals surface area (Å²) in [6, 6.07) is 0. The number of ketones is 1. The predicted molar refractivity (Wildman–Crippen MR) is 94.2 cm³/mol. The molecule has 23 heavy (non-hydrogen) atoms. The molecule has 0 bridgehead atoms. The molecule has 0 aromatic carbocycles. The first kappa shape index (κ1) is 14.4. The van der Waals surface area contributed by atoms with Crippen molar-refractivity contribution in [2.24, 2.45) is 5.41 Å². The maximum Gasteiger partial charge on any atom is 0.328 e. The number of hydrogen-bond acceptors (Lipinski definition) is 2. The van der Waals surface area contributed by atoms with Gasteiger partial charge in [0.05, 0.1) is 0 Å². The van der Waals surface area contributed by atoms with Gasteiger partial charge in [0, 0.05) is 16.6 Å². The number of aliphatic carboxylic acids is 1. The second kappa shape index (κ2) is 7.91. The Morgan fingerprint density at radius 1 is 1.26 bits per heavy atom. The van der Waals surface area contributed by atoms with Crippen molar-refractivity contribution in [1.82, 2.24) is 0 Å². The van der Waals surface area contributed by atoms with Gasteiger partial charge < -0.3 is 5.11 Å². The number of allylic oxidation sites excluding steroid dienone is 9. The summed E-state index contributed by atoms with van der Waals surface area (Å²) in [6.45, 7) is 5.01. The highest BCUT2D eigenvalue weighted by Gasteiger charge is 2.30. The van der Waals surface area contributed by atoms with Crippen LogP contribution in [0.3, 0.4) is 0 Å². The van der Waals surface area contributed by atoms with Crippen LogP contribution in [0.1, 0.15) is 51.5 Å². The van der Waals surface area contributed by atoms with Gasteiger partial charge in [0.15, 0.2) is 5.78 Å². The molecule has 1 aliphatic carbocycles. The van der Waals surface area contributed by atoms with Gasteiger partial charge in [-0.05, 0) is 49.3 Å². The van der Waals surface area contributed by atoms with E-state index in [2.05, 4.69) is 0 Å². The van der Waals surface area contributed by atoms with E-state index in [9.17, 15) is 9.59 Å². The molecule has 124 valence electrons. The van der Waals surface area contributed by atoms with Gasteiger partial charge in [0.1, 0.15) is 0 Å². The van der Waals surface area contributed by atoms with Crippen LogP contribution in [0, 0.1) is 5.41 Å². The summed E-state index contributed by atoms with van der Waals surface area (Å²) in [4.78, 5) is 22.8. The van der Waals surface area contributed by atoms with Gasteiger partial charge in [-0.3, -0.25) is 4.79 Å². The number of rotatable bonds is 5. The highest BCUT2D eigenvalue weighted by atomic mass is 16.4. The van der Waals surface area contributed by atoms with Crippen LogP contribution in [0.4, 0.5) is 0 Å². The maximum absolute atomic E-state index is 12.2. The molecule has 0 radical (unpaired) electrons. The van der Waals surface area contributed by atoms with Crippen molar-refractivity contribution in [3.8, 4) is 0 Å². The normalized spacial score (nSPS) is 22.4. The van der Waals surface area contributed by atoms with Crippen LogP contribution in [0.25, 0.3) is 0 Å². The molecule has 1 aliphatic rings. The van der Waals surface area contributed by atoms with Crippen molar-refractivity contribution in [2.45, 2.75) is 47.4 Å². The number of carbonyl (C=O) groups is 2. The molecule has 0 fully saturated rings. The number of carboxylic acid groups (broad SMARTS) is 1. The minimum atomic E-state index is -2.43. The molecule has 3 heteroatoms. The van der Waals surface area contributed by atoms with Crippen molar-refractivity contribution in [3.05, 3.63) is 58.7 Å². The Labute approximate surface area is 143 Å². The first-order chi connectivity index (χ1) is 11.8. The summed E-state index contributed by atoms with van der Waals surface area (Å²) in [5, 5.41) is 8.67. The van der Waals surface area contributed by atoms with Gasteiger partial charge in [-0.2, -0.15) is 0 Å². The number of carbonyl (C=O) groups excluding carboxylic acids is 1. The molecule has 1 rings (SSSR count). The fourth-order valence-corrected chi connectivity index (χ4v) is 2.35. The van der Waals surface area contributed by atoms with Crippen molar-refractivity contribution in [3.63, 3.8) is 0 Å². The van der Waals surface area contributed by atoms with E-state index in [0.29, 0.717) is 17.6 Å². The van der Waals surface area contributed by atoms with Crippen LogP contribution in [0.15, 0.2) is 58.7 Å². The Morgan fingerprint density at radius 3 is 2.57 bits per heavy atom. The van der Waals surface area contributed by atoms with Gasteiger partial charge in [-0.1, -0.05) is 49.8 Å². The van der Waals surface area contributed by atoms with E-state index < -0.39 is 12.8 Å². The largest absolute Gasteiger partial charge is 0.478 e. The minimum Gasteiger partial charge on any atom is -0.478 e. The standard InChI is InChI=1S/C20H26O3/c1-14(7-6-8-15(2)13-19(22)23)9-10-17-16(3)18(21)11-12-20(17,4)5/h6-10,13H,11-12H2,1-5H3,(H,22,23)/b8-6+,10-9+,14-7+,15-13+/i3D3. The Bertz CT molecular complexity index is 730. The summed E-state index contributed by atoms with van der Waals surface area (Å²) in [6.07, 6.45) is 10.7. The molecule has 0 aromatic rings. The molecule has 3 nitrogen and oxygen atoms in total. The second-order valence-electron chi connectivity index (χ2n) is 6.43. The molecule has 0 aromatic heterocycles. The van der Waals surface area contributed by atoms with Gasteiger partial charge in [-0.15, -0.1) is 0 Å². The lowest BCUT2D eigenvalue weighted by molar-refractivity contribution is -0.131. The van der Waals surface area contributed by atoms with Gasteiger partial charge in [-0.25, -0.2) is 4.79 Å². The van der Waals surface area contributed by atoms with Crippen LogP contribution in [0.5, 0.6) is 0 Å². The monoisotopic (exact) mass is 317 g/mol. The second-order valence-corrected chi connectivity index (χ2v) is 6.43. The molecule has 0 aliphatic heterocycles. The maximum atomic E-state index is 12.2. The first-order valence-electron chi connectivity index (χ1n) is 9.07. The zero-order chi connectivity index (χ0) is 20.1. The van der Waals surface area contributed by atoms with Crippen molar-refractivity contribution >= 4 is 11.8 Å². The Morgan fingerprint density at radius 2 is 1.96 bits per heavy atom. The van der Waals surface area contributed by atoms with E-state index in [1.165, 1.54) is 0 Å². The summed E-state index contributed by atoms with van der Waals surface area (Å²) >= 11 is 0. The Kier molecular flexibility index (Phi) is 4.96. The molecule has 0 saturated heterocycles. The molecule has 1 N–H and O–H groups in total. The Hall–Kier alpha value is -2.16. The highest BCUT2D eigenvalue weighted by Crippen LogP contribution is 2.39. The summed E-state index contributed by atoms with van der Waals surface area (Å²) in [5.74, 6) is -1.30. The third-order valence-electron chi connectivity index (χ3n) is 3.84. The summed E-state index contributed by atoms with van der Waals surface area (Å²) in [5.41, 5.74) is 1.58. The molecular weight excluding hydrogens is 288 g/mol.